The highest BCUT2D eigenvalue weighted by atomic mass is 32.1. The van der Waals surface area contributed by atoms with Crippen LogP contribution in [0.25, 0.3) is 10.9 Å². The number of aromatic nitrogens is 2. The average molecular weight is 178 g/mol. The first-order valence-electron chi connectivity index (χ1n) is 3.81. The Hall–Kier alpha value is -0.960. The first-order chi connectivity index (χ1) is 5.68. The van der Waals surface area contributed by atoms with Gasteiger partial charge in [0.25, 0.3) is 0 Å². The van der Waals surface area contributed by atoms with Crippen LogP contribution >= 0.6 is 12.6 Å². The third kappa shape index (κ3) is 1.01. The summed E-state index contributed by atoms with van der Waals surface area (Å²) < 4.78 is 1.89. The monoisotopic (exact) mass is 178 g/mol. The van der Waals surface area contributed by atoms with Crippen LogP contribution in [0.3, 0.4) is 0 Å². The number of rotatable bonds is 0. The first kappa shape index (κ1) is 7.68. The highest BCUT2D eigenvalue weighted by molar-refractivity contribution is 7.80. The summed E-state index contributed by atoms with van der Waals surface area (Å²) in [5, 5.41) is 5.50. The zero-order valence-electron chi connectivity index (χ0n) is 7.07. The van der Waals surface area contributed by atoms with Crippen molar-refractivity contribution in [3.8, 4) is 0 Å². The van der Waals surface area contributed by atoms with Crippen LogP contribution in [0.4, 0.5) is 0 Å². The third-order valence-electron chi connectivity index (χ3n) is 2.02. The minimum Gasteiger partial charge on any atom is -0.268 e. The Labute approximate surface area is 76.6 Å². The van der Waals surface area contributed by atoms with E-state index < -0.39 is 0 Å². The minimum absolute atomic E-state index is 0.985. The molecule has 62 valence electrons. The van der Waals surface area contributed by atoms with E-state index in [1.54, 1.807) is 0 Å². The molecule has 0 fully saturated rings. The topological polar surface area (TPSA) is 17.8 Å². The molecule has 1 heterocycles. The molecule has 0 radical (unpaired) electrons. The molecule has 0 unspecified atom stereocenters. The van der Waals surface area contributed by atoms with Crippen molar-refractivity contribution >= 4 is 23.5 Å². The Balaban J connectivity index is 2.90. The Bertz CT molecular complexity index is 431. The molecule has 1 aromatic carbocycles. The fourth-order valence-corrected chi connectivity index (χ4v) is 1.63. The molecule has 0 aliphatic heterocycles. The quantitative estimate of drug-likeness (QED) is 0.612. The van der Waals surface area contributed by atoms with Crippen LogP contribution in [0.2, 0.25) is 0 Å². The van der Waals surface area contributed by atoms with Crippen LogP contribution in [0.15, 0.2) is 23.1 Å². The molecule has 0 spiro atoms. The number of hydrogen-bond acceptors (Lipinski definition) is 2. The molecule has 0 atom stereocenters. The number of nitrogens with zero attached hydrogens (tertiary/aromatic N) is 2. The van der Waals surface area contributed by atoms with Crippen LogP contribution in [0.5, 0.6) is 0 Å². The second-order valence-corrected chi connectivity index (χ2v) is 3.43. The molecule has 0 amide bonds. The molecule has 2 aromatic rings. The smallest absolute Gasteiger partial charge is 0.0682 e. The summed E-state index contributed by atoms with van der Waals surface area (Å²) in [6, 6.07) is 6.06. The van der Waals surface area contributed by atoms with E-state index in [1.807, 2.05) is 36.9 Å². The lowest BCUT2D eigenvalue weighted by molar-refractivity contribution is 0.783. The van der Waals surface area contributed by atoms with Gasteiger partial charge in [-0.1, -0.05) is 0 Å². The molecule has 3 heteroatoms. The maximum Gasteiger partial charge on any atom is 0.0682 e. The van der Waals surface area contributed by atoms with Crippen LogP contribution < -0.4 is 0 Å². The van der Waals surface area contributed by atoms with Crippen molar-refractivity contribution in [1.29, 1.82) is 0 Å². The molecule has 12 heavy (non-hydrogen) atoms. The minimum atomic E-state index is 0.985. The van der Waals surface area contributed by atoms with Crippen molar-refractivity contribution in [2.75, 3.05) is 0 Å². The standard InChI is InChI=1S/C9H10N2S/c1-6-8-5-7(12)3-4-9(8)11(2)10-6/h3-5,12H,1-2H3. The van der Waals surface area contributed by atoms with Crippen molar-refractivity contribution in [3.63, 3.8) is 0 Å². The number of fused-ring (bicyclic) bond motifs is 1. The number of benzene rings is 1. The van der Waals surface area contributed by atoms with Gasteiger partial charge in [0.2, 0.25) is 0 Å². The predicted molar refractivity (Wildman–Crippen MR) is 52.7 cm³/mol. The van der Waals surface area contributed by atoms with E-state index in [1.165, 1.54) is 5.39 Å². The van der Waals surface area contributed by atoms with Gasteiger partial charge in [0.1, 0.15) is 0 Å². The van der Waals surface area contributed by atoms with Gasteiger partial charge in [-0.05, 0) is 25.1 Å². The number of hydrogen-bond donors (Lipinski definition) is 1. The van der Waals surface area contributed by atoms with E-state index in [-0.39, 0.29) is 0 Å². The lowest BCUT2D eigenvalue weighted by atomic mass is 10.2. The summed E-state index contributed by atoms with van der Waals surface area (Å²) in [6.45, 7) is 2.01. The zero-order valence-corrected chi connectivity index (χ0v) is 7.97. The van der Waals surface area contributed by atoms with E-state index in [4.69, 9.17) is 0 Å². The van der Waals surface area contributed by atoms with Gasteiger partial charge in [-0.15, -0.1) is 12.6 Å². The molecular weight excluding hydrogens is 168 g/mol. The fraction of sp³-hybridized carbons (Fsp3) is 0.222. The van der Waals surface area contributed by atoms with E-state index in [2.05, 4.69) is 17.7 Å². The van der Waals surface area contributed by atoms with Gasteiger partial charge in [-0.25, -0.2) is 0 Å². The second kappa shape index (κ2) is 2.52. The third-order valence-corrected chi connectivity index (χ3v) is 2.30. The van der Waals surface area contributed by atoms with Gasteiger partial charge in [-0.2, -0.15) is 5.10 Å². The van der Waals surface area contributed by atoms with E-state index in [9.17, 15) is 0 Å². The summed E-state index contributed by atoms with van der Waals surface area (Å²) in [4.78, 5) is 0.985. The molecule has 0 aliphatic rings. The number of aryl methyl sites for hydroxylation is 2. The van der Waals surface area contributed by atoms with Crippen molar-refractivity contribution in [1.82, 2.24) is 9.78 Å². The lowest BCUT2D eigenvalue weighted by Crippen LogP contribution is -1.88. The lowest BCUT2D eigenvalue weighted by Gasteiger charge is -1.93. The maximum absolute atomic E-state index is 4.31. The molecule has 0 saturated carbocycles. The molecule has 1 aromatic heterocycles. The van der Waals surface area contributed by atoms with E-state index >= 15 is 0 Å². The van der Waals surface area contributed by atoms with Crippen molar-refractivity contribution in [2.24, 2.45) is 7.05 Å². The van der Waals surface area contributed by atoms with Crippen LogP contribution in [0, 0.1) is 6.92 Å². The SMILES string of the molecule is Cc1nn(C)c2ccc(S)cc12. The van der Waals surface area contributed by atoms with Gasteiger partial charge < -0.3 is 0 Å². The van der Waals surface area contributed by atoms with Crippen molar-refractivity contribution in [3.05, 3.63) is 23.9 Å². The Morgan fingerprint density at radius 3 is 2.92 bits per heavy atom. The highest BCUT2D eigenvalue weighted by Crippen LogP contribution is 2.20. The summed E-state index contributed by atoms with van der Waals surface area (Å²) in [5.41, 5.74) is 2.22. The summed E-state index contributed by atoms with van der Waals surface area (Å²) >= 11 is 4.28. The summed E-state index contributed by atoms with van der Waals surface area (Å²) in [6.07, 6.45) is 0. The normalized spacial score (nSPS) is 10.9. The van der Waals surface area contributed by atoms with E-state index in [0.717, 1.165) is 16.1 Å². The van der Waals surface area contributed by atoms with E-state index in [0.29, 0.717) is 0 Å². The van der Waals surface area contributed by atoms with Gasteiger partial charge in [0.15, 0.2) is 0 Å². The number of thiol groups is 1. The molecule has 0 aliphatic carbocycles. The molecule has 0 N–H and O–H groups in total. The Morgan fingerprint density at radius 2 is 2.17 bits per heavy atom. The second-order valence-electron chi connectivity index (χ2n) is 2.91. The van der Waals surface area contributed by atoms with Crippen molar-refractivity contribution < 1.29 is 0 Å². The van der Waals surface area contributed by atoms with Gasteiger partial charge in [0.05, 0.1) is 11.2 Å². The summed E-state index contributed by atoms with van der Waals surface area (Å²) in [5.74, 6) is 0. The molecule has 0 saturated heterocycles. The molecule has 2 rings (SSSR count). The van der Waals surface area contributed by atoms with Gasteiger partial charge in [0, 0.05) is 17.3 Å². The molecular formula is C9H10N2S. The predicted octanol–water partition coefficient (Wildman–Crippen LogP) is 2.17. The maximum atomic E-state index is 4.31. The first-order valence-corrected chi connectivity index (χ1v) is 4.25. The van der Waals surface area contributed by atoms with Crippen LogP contribution in [-0.4, -0.2) is 9.78 Å². The zero-order chi connectivity index (χ0) is 8.72. The van der Waals surface area contributed by atoms with Gasteiger partial charge >= 0.3 is 0 Å². The van der Waals surface area contributed by atoms with Crippen LogP contribution in [-0.2, 0) is 7.05 Å². The van der Waals surface area contributed by atoms with Gasteiger partial charge in [-0.3, -0.25) is 4.68 Å². The largest absolute Gasteiger partial charge is 0.268 e. The average Bonchev–Trinajstić information content (AvgIpc) is 2.28. The molecule has 0 bridgehead atoms. The van der Waals surface area contributed by atoms with Crippen molar-refractivity contribution in [2.45, 2.75) is 11.8 Å². The fourth-order valence-electron chi connectivity index (χ4n) is 1.43. The Morgan fingerprint density at radius 1 is 1.42 bits per heavy atom. The highest BCUT2D eigenvalue weighted by Gasteiger charge is 2.03. The summed E-state index contributed by atoms with van der Waals surface area (Å²) in [7, 11) is 1.95. The molecule has 2 nitrogen and oxygen atoms in total. The van der Waals surface area contributed by atoms with Crippen LogP contribution in [0.1, 0.15) is 5.69 Å². The Kier molecular flexibility index (Phi) is 1.61.